The van der Waals surface area contributed by atoms with E-state index >= 15 is 0 Å². The van der Waals surface area contributed by atoms with E-state index in [0.717, 1.165) is 37.8 Å². The number of rotatable bonds is 14. The van der Waals surface area contributed by atoms with Crippen LogP contribution in [-0.4, -0.2) is 46.2 Å². The summed E-state index contributed by atoms with van der Waals surface area (Å²) in [5.41, 5.74) is -3.65. The maximum Gasteiger partial charge on any atom is 0.416 e. The molecule has 0 unspecified atom stereocenters. The maximum absolute atomic E-state index is 13.7. The average Bonchev–Trinajstić information content (AvgIpc) is 3.05. The van der Waals surface area contributed by atoms with Gasteiger partial charge in [0.15, 0.2) is 5.75 Å². The first-order chi connectivity index (χ1) is 23.8. The molecule has 0 saturated heterocycles. The van der Waals surface area contributed by atoms with E-state index in [1.165, 1.54) is 30.9 Å². The largest absolute Gasteiger partial charge is 0.489 e. The van der Waals surface area contributed by atoms with Crippen molar-refractivity contribution in [3.8, 4) is 5.75 Å². The smallest absolute Gasteiger partial charge is 0.416 e. The van der Waals surface area contributed by atoms with Gasteiger partial charge in [0.1, 0.15) is 0 Å². The third kappa shape index (κ3) is 11.3. The molecule has 1 fully saturated rings. The van der Waals surface area contributed by atoms with Gasteiger partial charge in [0.25, 0.3) is 0 Å². The van der Waals surface area contributed by atoms with Crippen LogP contribution in [0.3, 0.4) is 0 Å². The number of carboxylic acid groups (broad SMARTS) is 1. The first-order valence-electron chi connectivity index (χ1n) is 16.0. The van der Waals surface area contributed by atoms with E-state index in [0.29, 0.717) is 30.1 Å². The topological polar surface area (TPSA) is 96.4 Å². The first kappa shape index (κ1) is 39.9. The first-order valence-corrected chi connectivity index (χ1v) is 17.4. The van der Waals surface area contributed by atoms with Crippen LogP contribution in [-0.2, 0) is 29.9 Å². The molecule has 17 heteroatoms. The Balaban J connectivity index is 1.61. The van der Waals surface area contributed by atoms with Crippen molar-refractivity contribution >= 4 is 29.4 Å². The summed E-state index contributed by atoms with van der Waals surface area (Å²) in [5.74, 6) is -1.36. The number of aliphatic carboxylic acids is 1. The number of carbonyl (C=O) groups is 1. The summed E-state index contributed by atoms with van der Waals surface area (Å²) in [7, 11) is 0. The predicted molar refractivity (Wildman–Crippen MR) is 175 cm³/mol. The van der Waals surface area contributed by atoms with E-state index in [1.807, 2.05) is 6.26 Å². The third-order valence-electron chi connectivity index (χ3n) is 8.73. The molecule has 3 N–H and O–H groups in total. The fraction of sp³-hybridized carbons (Fsp3) is 0.500. The third-order valence-corrected chi connectivity index (χ3v) is 9.30. The molecule has 0 amide bonds. The van der Waals surface area contributed by atoms with E-state index in [-0.39, 0.29) is 66.0 Å². The summed E-state index contributed by atoms with van der Waals surface area (Å²) < 4.78 is 129. The Morgan fingerprint density at radius 1 is 0.902 bits per heavy atom. The van der Waals surface area contributed by atoms with Crippen molar-refractivity contribution in [2.75, 3.05) is 35.8 Å². The number of hydrogen-bond acceptors (Lipinski definition) is 7. The lowest BCUT2D eigenvalue weighted by Crippen LogP contribution is -2.23. The highest BCUT2D eigenvalue weighted by atomic mass is 32.2. The SMILES string of the molecule is CSCCOc1cnc(NCc2cc(C(F)(F)F)ccc2NCC2CCC(CC(=O)O)CC2)nc1[C@@H](C)c1cc(C(F)(F)F)cc(C(F)(F)F)c1. The Bertz CT molecular complexity index is 1610. The van der Waals surface area contributed by atoms with Crippen LogP contribution < -0.4 is 15.4 Å². The van der Waals surface area contributed by atoms with Crippen LogP contribution in [0.4, 0.5) is 51.1 Å². The highest BCUT2D eigenvalue weighted by Crippen LogP contribution is 2.40. The fourth-order valence-electron chi connectivity index (χ4n) is 5.92. The van der Waals surface area contributed by atoms with Crippen LogP contribution in [0.15, 0.2) is 42.6 Å². The number of hydrogen-bond donors (Lipinski definition) is 3. The molecular weight excluding hydrogens is 715 g/mol. The molecule has 4 rings (SSSR count). The van der Waals surface area contributed by atoms with Crippen LogP contribution in [0.25, 0.3) is 0 Å². The van der Waals surface area contributed by atoms with Gasteiger partial charge in [0.05, 0.1) is 35.2 Å². The highest BCUT2D eigenvalue weighted by Gasteiger charge is 2.38. The fourth-order valence-corrected chi connectivity index (χ4v) is 6.17. The minimum atomic E-state index is -5.07. The molecule has 51 heavy (non-hydrogen) atoms. The number of nitrogens with zero attached hydrogens (tertiary/aromatic N) is 2. The molecule has 1 atom stereocenters. The second-order valence-corrected chi connectivity index (χ2v) is 13.4. The van der Waals surface area contributed by atoms with E-state index < -0.39 is 47.1 Å². The molecule has 0 radical (unpaired) electrons. The van der Waals surface area contributed by atoms with Gasteiger partial charge in [0.2, 0.25) is 5.95 Å². The van der Waals surface area contributed by atoms with Gasteiger partial charge in [-0.15, -0.1) is 0 Å². The zero-order chi connectivity index (χ0) is 37.6. The second-order valence-electron chi connectivity index (χ2n) is 12.4. The standard InChI is InChI=1S/C34H37F9N4O3S/c1-19(22-12-25(33(38,39)40)15-26(13-22)34(41,42)43)30-28(50-9-10-51-2)18-46-31(47-30)45-17-23-14-24(32(35,36)37)7-8-27(23)44-16-21-5-3-20(4-6-21)11-29(48)49/h7-8,12-15,18-21,44H,3-6,9-11,16-17H2,1-2H3,(H,48,49)(H,45,46,47)/t19-,20?,21?/m0/s1. The van der Waals surface area contributed by atoms with Crippen molar-refractivity contribution in [2.24, 2.45) is 11.8 Å². The number of ether oxygens (including phenoxy) is 1. The average molecular weight is 753 g/mol. The summed E-state index contributed by atoms with van der Waals surface area (Å²) in [4.78, 5) is 19.6. The summed E-state index contributed by atoms with van der Waals surface area (Å²) in [6.07, 6.45) is -8.69. The van der Waals surface area contributed by atoms with Crippen molar-refractivity contribution < 1.29 is 54.2 Å². The van der Waals surface area contributed by atoms with Gasteiger partial charge in [-0.1, -0.05) is 6.92 Å². The number of aromatic nitrogens is 2. The minimum Gasteiger partial charge on any atom is -0.489 e. The quantitative estimate of drug-likeness (QED) is 0.111. The van der Waals surface area contributed by atoms with Crippen LogP contribution in [0.5, 0.6) is 5.75 Å². The lowest BCUT2D eigenvalue weighted by Gasteiger charge is -2.28. The van der Waals surface area contributed by atoms with Gasteiger partial charge in [-0.2, -0.15) is 51.3 Å². The molecule has 0 spiro atoms. The summed E-state index contributed by atoms with van der Waals surface area (Å²) >= 11 is 1.43. The number of halogens is 9. The molecule has 1 saturated carbocycles. The molecule has 280 valence electrons. The Morgan fingerprint density at radius 3 is 2.08 bits per heavy atom. The van der Waals surface area contributed by atoms with Gasteiger partial charge in [-0.05, 0) is 91.3 Å². The van der Waals surface area contributed by atoms with Crippen molar-refractivity contribution in [3.05, 3.63) is 76.1 Å². The zero-order valence-electron chi connectivity index (χ0n) is 27.6. The predicted octanol–water partition coefficient (Wildman–Crippen LogP) is 9.73. The summed E-state index contributed by atoms with van der Waals surface area (Å²) in [5, 5.41) is 15.1. The van der Waals surface area contributed by atoms with Crippen molar-refractivity contribution in [2.45, 2.75) is 70.0 Å². The lowest BCUT2D eigenvalue weighted by atomic mass is 9.80. The molecule has 7 nitrogen and oxygen atoms in total. The van der Waals surface area contributed by atoms with Gasteiger partial charge in [-0.3, -0.25) is 4.79 Å². The summed E-state index contributed by atoms with van der Waals surface area (Å²) in [6, 6.07) is 4.46. The zero-order valence-corrected chi connectivity index (χ0v) is 28.4. The van der Waals surface area contributed by atoms with Crippen molar-refractivity contribution in [1.82, 2.24) is 9.97 Å². The number of anilines is 2. The normalized spacial score (nSPS) is 17.5. The molecule has 0 bridgehead atoms. The molecule has 1 aromatic heterocycles. The van der Waals surface area contributed by atoms with Crippen LogP contribution in [0.1, 0.15) is 78.5 Å². The van der Waals surface area contributed by atoms with Crippen molar-refractivity contribution in [3.63, 3.8) is 0 Å². The second kappa shape index (κ2) is 16.6. The van der Waals surface area contributed by atoms with Gasteiger partial charge >= 0.3 is 24.5 Å². The van der Waals surface area contributed by atoms with E-state index in [1.54, 1.807) is 0 Å². The number of nitrogens with one attached hydrogen (secondary N) is 2. The molecule has 1 aliphatic carbocycles. The Labute approximate surface area is 292 Å². The van der Waals surface area contributed by atoms with E-state index in [4.69, 9.17) is 9.84 Å². The van der Waals surface area contributed by atoms with E-state index in [9.17, 15) is 44.3 Å². The molecular formula is C34H37F9N4O3S. The molecule has 2 aromatic carbocycles. The lowest BCUT2D eigenvalue weighted by molar-refractivity contribution is -0.143. The molecule has 1 aliphatic rings. The maximum atomic E-state index is 13.7. The highest BCUT2D eigenvalue weighted by molar-refractivity contribution is 7.98. The molecule has 0 aliphatic heterocycles. The van der Waals surface area contributed by atoms with Gasteiger partial charge in [0, 0.05) is 36.9 Å². The monoisotopic (exact) mass is 752 g/mol. The van der Waals surface area contributed by atoms with E-state index in [2.05, 4.69) is 20.6 Å². The number of alkyl halides is 9. The summed E-state index contributed by atoms with van der Waals surface area (Å²) in [6.45, 7) is 1.72. The number of benzene rings is 2. The Kier molecular flexibility index (Phi) is 13.0. The van der Waals surface area contributed by atoms with Crippen molar-refractivity contribution in [1.29, 1.82) is 0 Å². The van der Waals surface area contributed by atoms with Gasteiger partial charge < -0.3 is 20.5 Å². The minimum absolute atomic E-state index is 0.0209. The Morgan fingerprint density at radius 2 is 1.51 bits per heavy atom. The molecule has 1 heterocycles. The van der Waals surface area contributed by atoms with Gasteiger partial charge in [-0.25, -0.2) is 9.97 Å². The Hall–Kier alpha value is -3.89. The number of carboxylic acids is 1. The van der Waals surface area contributed by atoms with Crippen LogP contribution in [0, 0.1) is 11.8 Å². The van der Waals surface area contributed by atoms with Crippen LogP contribution in [0.2, 0.25) is 0 Å². The number of thioether (sulfide) groups is 1. The van der Waals surface area contributed by atoms with Crippen LogP contribution >= 0.6 is 11.8 Å². The molecule has 3 aromatic rings.